The molecule has 240 valence electrons. The SMILES string of the molecule is COc1ccc(C(OCc2ccccc2)(c2ccc(OC)cc2)C2OC(n3cc(C#CCN)c4cc([N+](=O)[O-])ccc43)CC2O)cc1. The molecule has 0 saturated carbocycles. The van der Waals surface area contributed by atoms with Gasteiger partial charge < -0.3 is 34.4 Å². The molecule has 1 aliphatic rings. The van der Waals surface area contributed by atoms with Gasteiger partial charge in [-0.1, -0.05) is 66.4 Å². The maximum Gasteiger partial charge on any atom is 0.270 e. The molecule has 3 N–H and O–H groups in total. The van der Waals surface area contributed by atoms with Crippen molar-refractivity contribution in [1.29, 1.82) is 0 Å². The van der Waals surface area contributed by atoms with Gasteiger partial charge in [0.15, 0.2) is 0 Å². The standard InChI is InChI=1S/C37H35N3O7/c1-44-30-15-10-27(11-16-30)37(28-12-17-31(45-2)18-13-28,46-24-25-7-4-3-5-8-25)36-34(41)22-35(47-36)39-23-26(9-6-20-38)32-21-29(40(42)43)14-19-33(32)39/h3-5,7-8,10-19,21,23,34-36,41H,20,22,24,38H2,1-2H3. The van der Waals surface area contributed by atoms with Crippen LogP contribution in [-0.4, -0.2) is 47.6 Å². The third kappa shape index (κ3) is 6.17. The van der Waals surface area contributed by atoms with E-state index in [1.807, 2.05) is 83.4 Å². The van der Waals surface area contributed by atoms with Crippen LogP contribution in [-0.2, 0) is 21.7 Å². The zero-order valence-corrected chi connectivity index (χ0v) is 26.0. The fourth-order valence-corrected chi connectivity index (χ4v) is 6.22. The molecule has 10 heteroatoms. The summed E-state index contributed by atoms with van der Waals surface area (Å²) < 4.78 is 26.6. The van der Waals surface area contributed by atoms with Crippen molar-refractivity contribution in [3.63, 3.8) is 0 Å². The first kappa shape index (κ1) is 31.8. The highest BCUT2D eigenvalue weighted by Crippen LogP contribution is 2.48. The van der Waals surface area contributed by atoms with E-state index in [0.717, 1.165) is 16.7 Å². The van der Waals surface area contributed by atoms with Crippen molar-refractivity contribution in [1.82, 2.24) is 4.57 Å². The van der Waals surface area contributed by atoms with Crippen LogP contribution >= 0.6 is 0 Å². The molecule has 4 aromatic carbocycles. The molecule has 0 bridgehead atoms. The Labute approximate surface area is 272 Å². The summed E-state index contributed by atoms with van der Waals surface area (Å²) in [6.07, 6.45) is -0.494. The van der Waals surface area contributed by atoms with Gasteiger partial charge in [-0.2, -0.15) is 0 Å². The van der Waals surface area contributed by atoms with Crippen LogP contribution in [0, 0.1) is 22.0 Å². The van der Waals surface area contributed by atoms with E-state index >= 15 is 0 Å². The van der Waals surface area contributed by atoms with Crippen LogP contribution in [0.1, 0.15) is 34.9 Å². The van der Waals surface area contributed by atoms with E-state index in [1.54, 1.807) is 26.5 Å². The van der Waals surface area contributed by atoms with E-state index in [4.69, 9.17) is 24.7 Å². The first-order valence-electron chi connectivity index (χ1n) is 15.2. The number of ether oxygens (including phenoxy) is 4. The number of rotatable bonds is 10. The summed E-state index contributed by atoms with van der Waals surface area (Å²) in [6, 6.07) is 29.5. The molecule has 1 saturated heterocycles. The Morgan fingerprint density at radius 3 is 2.19 bits per heavy atom. The lowest BCUT2D eigenvalue weighted by atomic mass is 9.79. The molecule has 10 nitrogen and oxygen atoms in total. The number of non-ortho nitro benzene ring substituents is 1. The van der Waals surface area contributed by atoms with Crippen LogP contribution in [0.3, 0.4) is 0 Å². The number of hydrogen-bond donors (Lipinski definition) is 2. The molecule has 5 aromatic rings. The molecule has 0 radical (unpaired) electrons. The number of aliphatic hydroxyl groups is 1. The van der Waals surface area contributed by atoms with Crippen molar-refractivity contribution in [2.75, 3.05) is 20.8 Å². The Hall–Kier alpha value is -5.18. The Morgan fingerprint density at radius 2 is 1.62 bits per heavy atom. The minimum absolute atomic E-state index is 0.0522. The second kappa shape index (κ2) is 13.7. The summed E-state index contributed by atoms with van der Waals surface area (Å²) in [5.74, 6) is 7.23. The summed E-state index contributed by atoms with van der Waals surface area (Å²) in [6.45, 7) is 0.360. The van der Waals surface area contributed by atoms with Gasteiger partial charge >= 0.3 is 0 Å². The minimum atomic E-state index is -1.29. The Morgan fingerprint density at radius 1 is 0.979 bits per heavy atom. The topological polar surface area (TPSA) is 131 Å². The second-order valence-electron chi connectivity index (χ2n) is 11.2. The number of methoxy groups -OCH3 is 2. The summed E-state index contributed by atoms with van der Waals surface area (Å²) >= 11 is 0. The fraction of sp³-hybridized carbons (Fsp3) is 0.243. The first-order chi connectivity index (χ1) is 22.9. The third-order valence-corrected chi connectivity index (χ3v) is 8.51. The van der Waals surface area contributed by atoms with Crippen molar-refractivity contribution in [3.8, 4) is 23.3 Å². The molecule has 0 aliphatic carbocycles. The van der Waals surface area contributed by atoms with Crippen molar-refractivity contribution >= 4 is 16.6 Å². The molecule has 1 aromatic heterocycles. The molecule has 0 spiro atoms. The number of aliphatic hydroxyl groups excluding tert-OH is 1. The third-order valence-electron chi connectivity index (χ3n) is 8.51. The molecule has 47 heavy (non-hydrogen) atoms. The quantitative estimate of drug-likeness (QED) is 0.114. The molecule has 2 heterocycles. The zero-order chi connectivity index (χ0) is 33.0. The van der Waals surface area contributed by atoms with Gasteiger partial charge in [-0.25, -0.2) is 0 Å². The fourth-order valence-electron chi connectivity index (χ4n) is 6.22. The lowest BCUT2D eigenvalue weighted by Gasteiger charge is -2.41. The Kier molecular flexibility index (Phi) is 9.24. The number of nitrogens with zero attached hydrogens (tertiary/aromatic N) is 2. The smallest absolute Gasteiger partial charge is 0.270 e. The molecule has 1 fully saturated rings. The monoisotopic (exact) mass is 633 g/mol. The predicted molar refractivity (Wildman–Crippen MR) is 177 cm³/mol. The molecule has 3 atom stereocenters. The minimum Gasteiger partial charge on any atom is -0.497 e. The zero-order valence-electron chi connectivity index (χ0n) is 26.0. The van der Waals surface area contributed by atoms with Gasteiger partial charge in [0, 0.05) is 30.1 Å². The van der Waals surface area contributed by atoms with Gasteiger partial charge in [-0.05, 0) is 47.0 Å². The molecular formula is C37H35N3O7. The number of fused-ring (bicyclic) bond motifs is 1. The number of nitro groups is 1. The van der Waals surface area contributed by atoms with E-state index in [9.17, 15) is 15.2 Å². The molecule has 6 rings (SSSR count). The highest BCUT2D eigenvalue weighted by Gasteiger charge is 2.53. The Balaban J connectivity index is 1.49. The number of aromatic nitrogens is 1. The van der Waals surface area contributed by atoms with Crippen molar-refractivity contribution in [2.24, 2.45) is 5.73 Å². The average molecular weight is 634 g/mol. The van der Waals surface area contributed by atoms with E-state index in [0.29, 0.717) is 28.0 Å². The highest BCUT2D eigenvalue weighted by molar-refractivity contribution is 5.89. The van der Waals surface area contributed by atoms with E-state index in [2.05, 4.69) is 11.8 Å². The lowest BCUT2D eigenvalue weighted by molar-refractivity contribution is -0.384. The normalized spacial score (nSPS) is 17.7. The van der Waals surface area contributed by atoms with Gasteiger partial charge in [0.25, 0.3) is 5.69 Å². The van der Waals surface area contributed by atoms with Gasteiger partial charge in [0.05, 0.1) is 49.5 Å². The number of nitrogens with two attached hydrogens (primary N) is 1. The van der Waals surface area contributed by atoms with Crippen LogP contribution < -0.4 is 15.2 Å². The number of hydrogen-bond acceptors (Lipinski definition) is 8. The van der Waals surface area contributed by atoms with E-state index < -0.39 is 29.0 Å². The molecular weight excluding hydrogens is 598 g/mol. The number of nitro benzene ring substituents is 1. The van der Waals surface area contributed by atoms with Crippen LogP contribution in [0.25, 0.3) is 10.9 Å². The summed E-state index contributed by atoms with van der Waals surface area (Å²) in [5, 5.41) is 24.1. The van der Waals surface area contributed by atoms with Crippen LogP contribution in [0.15, 0.2) is 103 Å². The van der Waals surface area contributed by atoms with Gasteiger partial charge in [0.2, 0.25) is 0 Å². The van der Waals surface area contributed by atoms with Gasteiger partial charge in [-0.3, -0.25) is 10.1 Å². The van der Waals surface area contributed by atoms with E-state index in [1.165, 1.54) is 12.1 Å². The average Bonchev–Trinajstić information content (AvgIpc) is 3.68. The van der Waals surface area contributed by atoms with Crippen molar-refractivity contribution in [2.45, 2.75) is 37.1 Å². The van der Waals surface area contributed by atoms with Crippen molar-refractivity contribution in [3.05, 3.63) is 136 Å². The predicted octanol–water partition coefficient (Wildman–Crippen LogP) is 5.69. The maximum absolute atomic E-state index is 11.9. The first-order valence-corrected chi connectivity index (χ1v) is 15.2. The second-order valence-corrected chi connectivity index (χ2v) is 11.2. The van der Waals surface area contributed by atoms with E-state index in [-0.39, 0.29) is 25.3 Å². The van der Waals surface area contributed by atoms with Crippen LogP contribution in [0.2, 0.25) is 0 Å². The summed E-state index contributed by atoms with van der Waals surface area (Å²) in [7, 11) is 3.21. The maximum atomic E-state index is 11.9. The Bertz CT molecular complexity index is 1860. The van der Waals surface area contributed by atoms with Crippen LogP contribution in [0.4, 0.5) is 5.69 Å². The van der Waals surface area contributed by atoms with Gasteiger partial charge in [-0.15, -0.1) is 0 Å². The van der Waals surface area contributed by atoms with Gasteiger partial charge in [0.1, 0.15) is 29.4 Å². The van der Waals surface area contributed by atoms with Crippen LogP contribution in [0.5, 0.6) is 11.5 Å². The molecule has 3 unspecified atom stereocenters. The lowest BCUT2D eigenvalue weighted by Crippen LogP contribution is -2.48. The van der Waals surface area contributed by atoms with Crippen molar-refractivity contribution < 1.29 is 29.0 Å². The molecule has 0 amide bonds. The molecule has 1 aliphatic heterocycles. The number of benzene rings is 4. The summed E-state index contributed by atoms with van der Waals surface area (Å²) in [5.41, 5.74) is 8.03. The summed E-state index contributed by atoms with van der Waals surface area (Å²) in [4.78, 5) is 11.2. The largest absolute Gasteiger partial charge is 0.497 e. The highest BCUT2D eigenvalue weighted by atomic mass is 16.6.